The lowest BCUT2D eigenvalue weighted by molar-refractivity contribution is 0.0602. The smallest absolute Gasteiger partial charge is 0.345 e. The number of hydrogen-bond acceptors (Lipinski definition) is 5. The number of aryl methyl sites for hydroxylation is 2. The van der Waals surface area contributed by atoms with Crippen LogP contribution in [0.15, 0.2) is 22.7 Å². The van der Waals surface area contributed by atoms with Gasteiger partial charge in [0, 0.05) is 5.56 Å². The minimum absolute atomic E-state index is 0.0299. The molecule has 0 saturated carbocycles. The van der Waals surface area contributed by atoms with E-state index in [-0.39, 0.29) is 11.4 Å². The summed E-state index contributed by atoms with van der Waals surface area (Å²) in [5.74, 6) is -0.581. The van der Waals surface area contributed by atoms with Crippen molar-refractivity contribution in [3.8, 4) is 11.3 Å². The van der Waals surface area contributed by atoms with Gasteiger partial charge >= 0.3 is 5.97 Å². The Morgan fingerprint density at radius 2 is 2.11 bits per heavy atom. The number of rotatable bonds is 2. The molecule has 0 radical (unpaired) electrons. The minimum atomic E-state index is -0.551. The maximum absolute atomic E-state index is 11.7. The van der Waals surface area contributed by atoms with Gasteiger partial charge in [0.15, 0.2) is 5.56 Å². The number of methoxy groups -OCH3 is 1. The van der Waals surface area contributed by atoms with Gasteiger partial charge in [-0.25, -0.2) is 4.79 Å². The highest BCUT2D eigenvalue weighted by atomic mass is 16.5. The number of esters is 1. The van der Waals surface area contributed by atoms with E-state index in [1.807, 2.05) is 32.0 Å². The molecular weight excluding hydrogens is 232 g/mol. The monoisotopic (exact) mass is 246 g/mol. The highest BCUT2D eigenvalue weighted by Crippen LogP contribution is 2.30. The fourth-order valence-corrected chi connectivity index (χ4v) is 1.78. The van der Waals surface area contributed by atoms with Crippen molar-refractivity contribution in [2.75, 3.05) is 12.8 Å². The van der Waals surface area contributed by atoms with Crippen LogP contribution in [0.2, 0.25) is 0 Å². The lowest BCUT2D eigenvalue weighted by Gasteiger charge is -2.05. The van der Waals surface area contributed by atoms with Gasteiger partial charge in [-0.05, 0) is 25.5 Å². The molecule has 2 aromatic rings. The third-order valence-corrected chi connectivity index (χ3v) is 2.76. The summed E-state index contributed by atoms with van der Waals surface area (Å²) in [5.41, 5.74) is 9.07. The van der Waals surface area contributed by atoms with Crippen molar-refractivity contribution in [2.24, 2.45) is 0 Å². The zero-order valence-corrected chi connectivity index (χ0v) is 10.5. The lowest BCUT2D eigenvalue weighted by Crippen LogP contribution is -2.05. The summed E-state index contributed by atoms with van der Waals surface area (Å²) in [6.07, 6.45) is 0. The number of nitrogens with zero attached hydrogens (tertiary/aromatic N) is 1. The second-order valence-corrected chi connectivity index (χ2v) is 4.08. The van der Waals surface area contributed by atoms with Crippen LogP contribution in [-0.2, 0) is 4.74 Å². The van der Waals surface area contributed by atoms with E-state index in [9.17, 15) is 4.79 Å². The molecule has 0 amide bonds. The molecule has 0 saturated heterocycles. The lowest BCUT2D eigenvalue weighted by atomic mass is 10.00. The summed E-state index contributed by atoms with van der Waals surface area (Å²) in [6.45, 7) is 3.89. The molecule has 0 aliphatic rings. The van der Waals surface area contributed by atoms with E-state index in [0.29, 0.717) is 5.69 Å². The zero-order chi connectivity index (χ0) is 13.3. The first kappa shape index (κ1) is 12.2. The summed E-state index contributed by atoms with van der Waals surface area (Å²) in [5, 5.41) is 3.86. The van der Waals surface area contributed by atoms with Crippen molar-refractivity contribution in [3.63, 3.8) is 0 Å². The molecule has 0 unspecified atom stereocenters. The topological polar surface area (TPSA) is 78.3 Å². The Hall–Kier alpha value is -2.30. The molecule has 0 aliphatic heterocycles. The van der Waals surface area contributed by atoms with Gasteiger partial charge in [0.1, 0.15) is 5.69 Å². The maximum atomic E-state index is 11.7. The average molecular weight is 246 g/mol. The molecule has 1 aromatic heterocycles. The first-order chi connectivity index (χ1) is 8.54. The summed E-state index contributed by atoms with van der Waals surface area (Å²) in [6, 6.07) is 5.87. The number of benzene rings is 1. The first-order valence-electron chi connectivity index (χ1n) is 5.45. The number of ether oxygens (including phenoxy) is 1. The third-order valence-electron chi connectivity index (χ3n) is 2.76. The van der Waals surface area contributed by atoms with Crippen molar-refractivity contribution >= 4 is 11.9 Å². The summed E-state index contributed by atoms with van der Waals surface area (Å²) < 4.78 is 9.58. The highest BCUT2D eigenvalue weighted by molar-refractivity contribution is 6.00. The minimum Gasteiger partial charge on any atom is -0.465 e. The molecular formula is C13H14N2O3. The first-order valence-corrected chi connectivity index (χ1v) is 5.45. The molecule has 94 valence electrons. The molecule has 0 spiro atoms. The van der Waals surface area contributed by atoms with Crippen LogP contribution in [0.4, 0.5) is 5.88 Å². The van der Waals surface area contributed by atoms with Gasteiger partial charge < -0.3 is 15.0 Å². The van der Waals surface area contributed by atoms with Crippen molar-refractivity contribution < 1.29 is 14.1 Å². The summed E-state index contributed by atoms with van der Waals surface area (Å²) in [4.78, 5) is 11.7. The van der Waals surface area contributed by atoms with Gasteiger partial charge in [0.05, 0.1) is 7.11 Å². The SMILES string of the molecule is COC(=O)c1c(-c2cc(C)ccc2C)noc1N. The van der Waals surface area contributed by atoms with E-state index < -0.39 is 5.97 Å². The molecule has 5 heteroatoms. The number of hydrogen-bond donors (Lipinski definition) is 1. The fourth-order valence-electron chi connectivity index (χ4n) is 1.78. The van der Waals surface area contributed by atoms with Crippen LogP contribution in [-0.4, -0.2) is 18.2 Å². The van der Waals surface area contributed by atoms with E-state index >= 15 is 0 Å². The molecule has 1 aromatic carbocycles. The molecule has 2 N–H and O–H groups in total. The third kappa shape index (κ3) is 1.95. The van der Waals surface area contributed by atoms with E-state index in [4.69, 9.17) is 10.3 Å². The molecule has 5 nitrogen and oxygen atoms in total. The van der Waals surface area contributed by atoms with Crippen molar-refractivity contribution in [1.82, 2.24) is 5.16 Å². The molecule has 0 bridgehead atoms. The Kier molecular flexibility index (Phi) is 3.06. The Balaban J connectivity index is 2.64. The van der Waals surface area contributed by atoms with E-state index in [1.54, 1.807) is 0 Å². The summed E-state index contributed by atoms with van der Waals surface area (Å²) >= 11 is 0. The average Bonchev–Trinajstić information content (AvgIpc) is 2.73. The number of nitrogen functional groups attached to an aromatic ring is 1. The number of aromatic nitrogens is 1. The van der Waals surface area contributed by atoms with Crippen LogP contribution < -0.4 is 5.73 Å². The predicted molar refractivity (Wildman–Crippen MR) is 67.2 cm³/mol. The van der Waals surface area contributed by atoms with Crippen LogP contribution >= 0.6 is 0 Å². The Morgan fingerprint density at radius 1 is 1.39 bits per heavy atom. The van der Waals surface area contributed by atoms with Crippen LogP contribution in [0.3, 0.4) is 0 Å². The molecule has 2 rings (SSSR count). The van der Waals surface area contributed by atoms with Crippen LogP contribution in [0.5, 0.6) is 0 Å². The van der Waals surface area contributed by atoms with E-state index in [0.717, 1.165) is 16.7 Å². The second-order valence-electron chi connectivity index (χ2n) is 4.08. The quantitative estimate of drug-likeness (QED) is 0.823. The van der Waals surface area contributed by atoms with Crippen molar-refractivity contribution in [1.29, 1.82) is 0 Å². The maximum Gasteiger partial charge on any atom is 0.345 e. The largest absolute Gasteiger partial charge is 0.465 e. The Labute approximate surface area is 105 Å². The normalized spacial score (nSPS) is 10.4. The Morgan fingerprint density at radius 3 is 2.78 bits per heavy atom. The number of nitrogens with two attached hydrogens (primary N) is 1. The van der Waals surface area contributed by atoms with E-state index in [2.05, 4.69) is 9.89 Å². The van der Waals surface area contributed by atoms with Crippen molar-refractivity contribution in [3.05, 3.63) is 34.9 Å². The zero-order valence-electron chi connectivity index (χ0n) is 10.5. The number of carbonyl (C=O) groups excluding carboxylic acids is 1. The van der Waals surface area contributed by atoms with Gasteiger partial charge in [0.2, 0.25) is 5.88 Å². The van der Waals surface area contributed by atoms with Crippen LogP contribution in [0.1, 0.15) is 21.5 Å². The van der Waals surface area contributed by atoms with Gasteiger partial charge in [-0.1, -0.05) is 22.9 Å². The van der Waals surface area contributed by atoms with Crippen LogP contribution in [0, 0.1) is 13.8 Å². The van der Waals surface area contributed by atoms with Gasteiger partial charge in [-0.3, -0.25) is 0 Å². The highest BCUT2D eigenvalue weighted by Gasteiger charge is 2.24. The molecule has 1 heterocycles. The molecule has 0 aliphatic carbocycles. The van der Waals surface area contributed by atoms with E-state index in [1.165, 1.54) is 7.11 Å². The molecule has 0 atom stereocenters. The fraction of sp³-hybridized carbons (Fsp3) is 0.231. The van der Waals surface area contributed by atoms with Gasteiger partial charge in [-0.15, -0.1) is 0 Å². The predicted octanol–water partition coefficient (Wildman–Crippen LogP) is 2.33. The number of anilines is 1. The van der Waals surface area contributed by atoms with Crippen LogP contribution in [0.25, 0.3) is 11.3 Å². The Bertz CT molecular complexity index is 602. The second kappa shape index (κ2) is 4.52. The van der Waals surface area contributed by atoms with Gasteiger partial charge in [-0.2, -0.15) is 0 Å². The van der Waals surface area contributed by atoms with Gasteiger partial charge in [0.25, 0.3) is 0 Å². The number of carbonyl (C=O) groups is 1. The molecule has 18 heavy (non-hydrogen) atoms. The summed E-state index contributed by atoms with van der Waals surface area (Å²) in [7, 11) is 1.29. The van der Waals surface area contributed by atoms with Crippen molar-refractivity contribution in [2.45, 2.75) is 13.8 Å². The standard InChI is InChI=1S/C13H14N2O3/c1-7-4-5-8(2)9(6-7)11-10(13(16)17-3)12(14)18-15-11/h4-6H,14H2,1-3H3. The molecule has 0 fully saturated rings.